The van der Waals surface area contributed by atoms with E-state index in [1.165, 1.54) is 57.8 Å². The minimum absolute atomic E-state index is 0.0901. The van der Waals surface area contributed by atoms with Gasteiger partial charge >= 0.3 is 17.9 Å². The molecular weight excluding hydrogens is 841 g/mol. The minimum Gasteiger partial charge on any atom is -0.462 e. The molecule has 6 nitrogen and oxygen atoms in total. The first kappa shape index (κ1) is 64.1. The maximum atomic E-state index is 12.8. The van der Waals surface area contributed by atoms with Crippen molar-refractivity contribution >= 4 is 17.9 Å². The third kappa shape index (κ3) is 53.0. The van der Waals surface area contributed by atoms with E-state index < -0.39 is 6.10 Å². The number of rotatable bonds is 49. The van der Waals surface area contributed by atoms with Crippen LogP contribution in [0.15, 0.2) is 109 Å². The van der Waals surface area contributed by atoms with E-state index in [-0.39, 0.29) is 31.1 Å². The topological polar surface area (TPSA) is 78.9 Å². The Bertz CT molecular complexity index is 1410. The summed E-state index contributed by atoms with van der Waals surface area (Å²) in [7, 11) is 0. The van der Waals surface area contributed by atoms with Crippen molar-refractivity contribution in [2.75, 3.05) is 13.2 Å². The number of unbranched alkanes of at least 4 members (excludes halogenated alkanes) is 20. The summed E-state index contributed by atoms with van der Waals surface area (Å²) >= 11 is 0. The van der Waals surface area contributed by atoms with Gasteiger partial charge in [0, 0.05) is 19.3 Å². The molecule has 6 heteroatoms. The van der Waals surface area contributed by atoms with Gasteiger partial charge in [0.15, 0.2) is 6.10 Å². The molecule has 0 aliphatic rings. The molecule has 68 heavy (non-hydrogen) atoms. The van der Waals surface area contributed by atoms with Crippen LogP contribution in [0.3, 0.4) is 0 Å². The van der Waals surface area contributed by atoms with Crippen molar-refractivity contribution in [2.45, 2.75) is 252 Å². The second-order valence-corrected chi connectivity index (χ2v) is 18.1. The zero-order valence-corrected chi connectivity index (χ0v) is 44.1. The number of esters is 3. The van der Waals surface area contributed by atoms with Crippen molar-refractivity contribution < 1.29 is 28.6 Å². The fourth-order valence-electron chi connectivity index (χ4n) is 7.32. The number of hydrogen-bond donors (Lipinski definition) is 0. The van der Waals surface area contributed by atoms with E-state index in [2.05, 4.69) is 130 Å². The normalized spacial score (nSPS) is 12.9. The maximum absolute atomic E-state index is 12.8. The Balaban J connectivity index is 4.31. The average Bonchev–Trinajstić information content (AvgIpc) is 3.34. The second kappa shape index (κ2) is 55.7. The van der Waals surface area contributed by atoms with Gasteiger partial charge in [-0.1, -0.05) is 233 Å². The van der Waals surface area contributed by atoms with Gasteiger partial charge < -0.3 is 14.2 Å². The Morgan fingerprint density at radius 2 is 0.588 bits per heavy atom. The van der Waals surface area contributed by atoms with Crippen molar-refractivity contribution in [1.82, 2.24) is 0 Å². The van der Waals surface area contributed by atoms with E-state index in [1.807, 2.05) is 0 Å². The number of allylic oxidation sites excluding steroid dienone is 18. The second-order valence-electron chi connectivity index (χ2n) is 18.1. The molecule has 0 aliphatic heterocycles. The molecular formula is C62H102O6. The number of carbonyl (C=O) groups excluding carboxylic acids is 3. The van der Waals surface area contributed by atoms with Crippen molar-refractivity contribution in [3.63, 3.8) is 0 Å². The van der Waals surface area contributed by atoms with Crippen LogP contribution in [-0.2, 0) is 28.6 Å². The highest BCUT2D eigenvalue weighted by Gasteiger charge is 2.19. The zero-order valence-electron chi connectivity index (χ0n) is 44.1. The Morgan fingerprint density at radius 3 is 0.941 bits per heavy atom. The summed E-state index contributed by atoms with van der Waals surface area (Å²) in [4.78, 5) is 38.0. The Labute approximate surface area is 419 Å². The Morgan fingerprint density at radius 1 is 0.309 bits per heavy atom. The molecule has 1 atom stereocenters. The highest BCUT2D eigenvalue weighted by molar-refractivity contribution is 5.71. The van der Waals surface area contributed by atoms with E-state index in [1.54, 1.807) is 0 Å². The SMILES string of the molecule is CC/C=C\C/C=C\C/C=C\C/C=C\C/C=C\C/C=C\C/C=C\CCCCCCCC(=O)OCC(COC(=O)CCCCCCCCCCC)OC(=O)CCCCCCC/C=C\C/C=C\CCCC. The van der Waals surface area contributed by atoms with E-state index in [0.29, 0.717) is 19.3 Å². The number of hydrogen-bond acceptors (Lipinski definition) is 6. The molecule has 0 fully saturated rings. The van der Waals surface area contributed by atoms with Crippen molar-refractivity contribution in [2.24, 2.45) is 0 Å². The maximum Gasteiger partial charge on any atom is 0.306 e. The van der Waals surface area contributed by atoms with Crippen molar-refractivity contribution in [3.05, 3.63) is 109 Å². The van der Waals surface area contributed by atoms with Crippen LogP contribution in [0.2, 0.25) is 0 Å². The lowest BCUT2D eigenvalue weighted by Crippen LogP contribution is -2.30. The third-order valence-electron chi connectivity index (χ3n) is 11.5. The smallest absolute Gasteiger partial charge is 0.306 e. The van der Waals surface area contributed by atoms with E-state index in [9.17, 15) is 14.4 Å². The van der Waals surface area contributed by atoms with Gasteiger partial charge in [0.1, 0.15) is 13.2 Å². The van der Waals surface area contributed by atoms with E-state index in [4.69, 9.17) is 14.2 Å². The van der Waals surface area contributed by atoms with Gasteiger partial charge in [-0.2, -0.15) is 0 Å². The molecule has 0 rings (SSSR count). The summed E-state index contributed by atoms with van der Waals surface area (Å²) in [6.45, 7) is 6.43. The summed E-state index contributed by atoms with van der Waals surface area (Å²) < 4.78 is 16.8. The highest BCUT2D eigenvalue weighted by Crippen LogP contribution is 2.14. The molecule has 0 aromatic carbocycles. The van der Waals surface area contributed by atoms with Gasteiger partial charge in [-0.25, -0.2) is 0 Å². The van der Waals surface area contributed by atoms with Crippen molar-refractivity contribution in [1.29, 1.82) is 0 Å². The van der Waals surface area contributed by atoms with E-state index in [0.717, 1.165) is 148 Å². The van der Waals surface area contributed by atoms with Gasteiger partial charge in [0.2, 0.25) is 0 Å². The minimum atomic E-state index is -0.792. The molecule has 386 valence electrons. The Hall–Kier alpha value is -3.93. The lowest BCUT2D eigenvalue weighted by Gasteiger charge is -2.18. The monoisotopic (exact) mass is 943 g/mol. The van der Waals surface area contributed by atoms with Crippen LogP contribution in [0.4, 0.5) is 0 Å². The first-order chi connectivity index (χ1) is 33.5. The fraction of sp³-hybridized carbons (Fsp3) is 0.661. The first-order valence-electron chi connectivity index (χ1n) is 27.9. The summed E-state index contributed by atoms with van der Waals surface area (Å²) in [5, 5.41) is 0. The molecule has 0 aromatic heterocycles. The predicted octanol–water partition coefficient (Wildman–Crippen LogP) is 18.7. The molecule has 0 aliphatic carbocycles. The lowest BCUT2D eigenvalue weighted by molar-refractivity contribution is -0.167. The molecule has 0 aromatic rings. The van der Waals surface area contributed by atoms with Crippen LogP contribution in [0.1, 0.15) is 245 Å². The molecule has 0 N–H and O–H groups in total. The lowest BCUT2D eigenvalue weighted by atomic mass is 10.1. The van der Waals surface area contributed by atoms with Gasteiger partial charge in [-0.3, -0.25) is 14.4 Å². The Kier molecular flexibility index (Phi) is 52.4. The molecule has 0 amide bonds. The van der Waals surface area contributed by atoms with Gasteiger partial charge in [0.05, 0.1) is 0 Å². The highest BCUT2D eigenvalue weighted by atomic mass is 16.6. The molecule has 0 radical (unpaired) electrons. The summed E-state index contributed by atoms with van der Waals surface area (Å²) in [5.74, 6) is -0.929. The van der Waals surface area contributed by atoms with Crippen LogP contribution in [-0.4, -0.2) is 37.2 Å². The molecule has 0 spiro atoms. The number of carbonyl (C=O) groups is 3. The first-order valence-corrected chi connectivity index (χ1v) is 27.9. The molecule has 0 saturated heterocycles. The van der Waals surface area contributed by atoms with Gasteiger partial charge in [-0.15, -0.1) is 0 Å². The van der Waals surface area contributed by atoms with Crippen LogP contribution in [0.5, 0.6) is 0 Å². The standard InChI is InChI=1S/C62H102O6/c1-4-7-10-13-16-19-21-23-25-26-27-28-29-30-31-32-33-34-35-36-37-39-40-43-46-49-52-55-61(64)67-58-59(57-66-60(63)54-51-48-45-42-18-15-12-9-6-3)68-62(65)56-53-50-47-44-41-38-24-22-20-17-14-11-8-5-2/h7,10,14,16-17,19,22-25,27-28,30-31,33-34,36-37,59H,4-6,8-9,11-13,15,18,20-21,26,29,32,35,38-58H2,1-3H3/b10-7-,17-14-,19-16-,24-22-,25-23-,28-27-,31-30-,34-33-,37-36-. The van der Waals surface area contributed by atoms with Crippen LogP contribution in [0, 0.1) is 0 Å². The van der Waals surface area contributed by atoms with Gasteiger partial charge in [-0.05, 0) is 103 Å². The summed E-state index contributed by atoms with van der Waals surface area (Å²) in [6.07, 6.45) is 75.1. The molecule has 1 unspecified atom stereocenters. The van der Waals surface area contributed by atoms with Gasteiger partial charge in [0.25, 0.3) is 0 Å². The fourth-order valence-corrected chi connectivity index (χ4v) is 7.32. The zero-order chi connectivity index (χ0) is 49.3. The largest absolute Gasteiger partial charge is 0.462 e. The third-order valence-corrected chi connectivity index (χ3v) is 11.5. The van der Waals surface area contributed by atoms with Crippen LogP contribution in [0.25, 0.3) is 0 Å². The van der Waals surface area contributed by atoms with Crippen molar-refractivity contribution in [3.8, 4) is 0 Å². The molecule has 0 heterocycles. The molecule has 0 bridgehead atoms. The summed E-state index contributed by atoms with van der Waals surface area (Å²) in [5.41, 5.74) is 0. The van der Waals surface area contributed by atoms with Crippen LogP contribution < -0.4 is 0 Å². The molecule has 0 saturated carbocycles. The predicted molar refractivity (Wildman–Crippen MR) is 293 cm³/mol. The summed E-state index contributed by atoms with van der Waals surface area (Å²) in [6, 6.07) is 0. The number of ether oxygens (including phenoxy) is 3. The van der Waals surface area contributed by atoms with E-state index >= 15 is 0 Å². The average molecular weight is 943 g/mol. The quantitative estimate of drug-likeness (QED) is 0.0262. The van der Waals surface area contributed by atoms with Crippen LogP contribution >= 0.6 is 0 Å².